The second-order valence-electron chi connectivity index (χ2n) is 4.38. The summed E-state index contributed by atoms with van der Waals surface area (Å²) < 4.78 is 0. The van der Waals surface area contributed by atoms with Crippen molar-refractivity contribution < 1.29 is 5.11 Å². The van der Waals surface area contributed by atoms with Gasteiger partial charge >= 0.3 is 0 Å². The monoisotopic (exact) mass is 256 g/mol. The predicted octanol–water partition coefficient (Wildman–Crippen LogP) is 1.32. The molecule has 96 valence electrons. The van der Waals surface area contributed by atoms with Crippen LogP contribution in [0.2, 0.25) is 0 Å². The van der Waals surface area contributed by atoms with E-state index in [0.717, 1.165) is 36.1 Å². The van der Waals surface area contributed by atoms with Crippen LogP contribution in [0.15, 0.2) is 0 Å². The van der Waals surface area contributed by atoms with E-state index >= 15 is 0 Å². The van der Waals surface area contributed by atoms with Crippen molar-refractivity contribution in [3.05, 3.63) is 5.01 Å². The maximum absolute atomic E-state index is 8.89. The van der Waals surface area contributed by atoms with Crippen LogP contribution in [0.25, 0.3) is 0 Å². The van der Waals surface area contributed by atoms with Gasteiger partial charge in [0.25, 0.3) is 0 Å². The normalized spacial score (nSPS) is 20.9. The lowest BCUT2D eigenvalue weighted by molar-refractivity contribution is 0.209. The van der Waals surface area contributed by atoms with E-state index in [-0.39, 0.29) is 0 Å². The molecule has 17 heavy (non-hydrogen) atoms. The molecule has 1 fully saturated rings. The molecule has 2 rings (SSSR count). The molecule has 6 heteroatoms. The Kier molecular flexibility index (Phi) is 4.70. The zero-order valence-corrected chi connectivity index (χ0v) is 11.0. The minimum Gasteiger partial charge on any atom is -0.396 e. The van der Waals surface area contributed by atoms with Gasteiger partial charge in [-0.3, -0.25) is 4.90 Å². The lowest BCUT2D eigenvalue weighted by atomic mass is 10.1. The summed E-state index contributed by atoms with van der Waals surface area (Å²) in [6, 6.07) is 0.615. The number of likely N-dealkylation sites (tertiary alicyclic amines) is 1. The second kappa shape index (κ2) is 6.28. The Morgan fingerprint density at radius 1 is 1.53 bits per heavy atom. The van der Waals surface area contributed by atoms with Crippen LogP contribution in [-0.4, -0.2) is 46.4 Å². The van der Waals surface area contributed by atoms with Gasteiger partial charge < -0.3 is 10.4 Å². The zero-order valence-electron chi connectivity index (χ0n) is 10.2. The molecular formula is C11H20N4OS. The summed E-state index contributed by atoms with van der Waals surface area (Å²) in [4.78, 5) is 2.47. The van der Waals surface area contributed by atoms with Gasteiger partial charge in [0.15, 0.2) is 0 Å². The molecule has 1 aliphatic heterocycles. The van der Waals surface area contributed by atoms with E-state index in [4.69, 9.17) is 5.11 Å². The third kappa shape index (κ3) is 3.37. The Hall–Kier alpha value is -0.720. The first-order chi connectivity index (χ1) is 8.33. The van der Waals surface area contributed by atoms with Crippen molar-refractivity contribution in [3.8, 4) is 0 Å². The standard InChI is InChI=1S/C11H20N4OS/c1-12-11-14-13-10(17-11)8-15-6-2-4-9(15)5-3-7-16/h9,16H,2-8H2,1H3,(H,12,14). The Morgan fingerprint density at radius 2 is 2.41 bits per heavy atom. The molecule has 1 aromatic rings. The van der Waals surface area contributed by atoms with Crippen molar-refractivity contribution in [2.75, 3.05) is 25.5 Å². The first-order valence-electron chi connectivity index (χ1n) is 6.18. The Labute approximate surface area is 106 Å². The molecule has 5 nitrogen and oxygen atoms in total. The van der Waals surface area contributed by atoms with Gasteiger partial charge in [0, 0.05) is 19.7 Å². The van der Waals surface area contributed by atoms with Crippen LogP contribution in [0, 0.1) is 0 Å². The minimum absolute atomic E-state index is 0.299. The van der Waals surface area contributed by atoms with Crippen LogP contribution in [0.1, 0.15) is 30.7 Å². The van der Waals surface area contributed by atoms with Gasteiger partial charge in [0.1, 0.15) is 5.01 Å². The number of aliphatic hydroxyl groups excluding tert-OH is 1. The van der Waals surface area contributed by atoms with Gasteiger partial charge in [-0.25, -0.2) is 0 Å². The first kappa shape index (κ1) is 12.7. The average molecular weight is 256 g/mol. The van der Waals surface area contributed by atoms with Crippen LogP contribution in [-0.2, 0) is 6.54 Å². The number of nitrogens with one attached hydrogen (secondary N) is 1. The average Bonchev–Trinajstić information content (AvgIpc) is 2.96. The van der Waals surface area contributed by atoms with Crippen LogP contribution in [0.4, 0.5) is 5.13 Å². The van der Waals surface area contributed by atoms with Crippen LogP contribution < -0.4 is 5.32 Å². The van der Waals surface area contributed by atoms with Crippen molar-refractivity contribution in [1.82, 2.24) is 15.1 Å². The number of hydrogen-bond acceptors (Lipinski definition) is 6. The van der Waals surface area contributed by atoms with E-state index in [1.165, 1.54) is 12.8 Å². The van der Waals surface area contributed by atoms with Gasteiger partial charge in [-0.2, -0.15) is 0 Å². The van der Waals surface area contributed by atoms with Crippen LogP contribution in [0.3, 0.4) is 0 Å². The molecule has 0 bridgehead atoms. The fourth-order valence-corrected chi connectivity index (χ4v) is 3.07. The van der Waals surface area contributed by atoms with Gasteiger partial charge in [-0.1, -0.05) is 11.3 Å². The van der Waals surface area contributed by atoms with E-state index in [2.05, 4.69) is 20.4 Å². The SMILES string of the molecule is CNc1nnc(CN2CCCC2CCCO)s1. The molecule has 1 saturated heterocycles. The Morgan fingerprint density at radius 3 is 3.12 bits per heavy atom. The van der Waals surface area contributed by atoms with Crippen LogP contribution in [0.5, 0.6) is 0 Å². The first-order valence-corrected chi connectivity index (χ1v) is 7.00. The number of hydrogen-bond donors (Lipinski definition) is 2. The molecule has 0 amide bonds. The van der Waals surface area contributed by atoms with Gasteiger partial charge in [0.2, 0.25) is 5.13 Å². The van der Waals surface area contributed by atoms with Gasteiger partial charge in [0.05, 0.1) is 6.54 Å². The molecule has 1 unspecified atom stereocenters. The van der Waals surface area contributed by atoms with Gasteiger partial charge in [-0.05, 0) is 32.2 Å². The second-order valence-corrected chi connectivity index (χ2v) is 5.45. The van der Waals surface area contributed by atoms with Crippen molar-refractivity contribution in [1.29, 1.82) is 0 Å². The Bertz CT molecular complexity index is 344. The summed E-state index contributed by atoms with van der Waals surface area (Å²) in [6.07, 6.45) is 4.50. The maximum atomic E-state index is 8.89. The summed E-state index contributed by atoms with van der Waals surface area (Å²) >= 11 is 1.62. The molecule has 0 aromatic carbocycles. The highest BCUT2D eigenvalue weighted by Crippen LogP contribution is 2.25. The molecule has 1 aromatic heterocycles. The van der Waals surface area contributed by atoms with E-state index < -0.39 is 0 Å². The number of aromatic nitrogens is 2. The maximum Gasteiger partial charge on any atom is 0.205 e. The molecule has 2 heterocycles. The third-order valence-electron chi connectivity index (χ3n) is 3.21. The summed E-state index contributed by atoms with van der Waals surface area (Å²) in [5, 5.41) is 22.1. The largest absolute Gasteiger partial charge is 0.396 e. The minimum atomic E-state index is 0.299. The smallest absolute Gasteiger partial charge is 0.205 e. The van der Waals surface area contributed by atoms with Crippen molar-refractivity contribution in [2.45, 2.75) is 38.3 Å². The summed E-state index contributed by atoms with van der Waals surface area (Å²) in [7, 11) is 1.87. The molecule has 0 radical (unpaired) electrons. The number of aliphatic hydroxyl groups is 1. The fraction of sp³-hybridized carbons (Fsp3) is 0.818. The van der Waals surface area contributed by atoms with E-state index in [1.807, 2.05) is 7.05 Å². The lowest BCUT2D eigenvalue weighted by Crippen LogP contribution is -2.29. The van der Waals surface area contributed by atoms with E-state index in [9.17, 15) is 0 Å². The summed E-state index contributed by atoms with van der Waals surface area (Å²) in [5.74, 6) is 0. The van der Waals surface area contributed by atoms with Crippen molar-refractivity contribution in [2.24, 2.45) is 0 Å². The zero-order chi connectivity index (χ0) is 12.1. The predicted molar refractivity (Wildman–Crippen MR) is 69.2 cm³/mol. The summed E-state index contributed by atoms with van der Waals surface area (Å²) in [5.41, 5.74) is 0. The van der Waals surface area contributed by atoms with E-state index in [1.54, 1.807) is 11.3 Å². The number of rotatable bonds is 6. The highest BCUT2D eigenvalue weighted by atomic mass is 32.1. The van der Waals surface area contributed by atoms with Crippen LogP contribution >= 0.6 is 11.3 Å². The topological polar surface area (TPSA) is 61.3 Å². The highest BCUT2D eigenvalue weighted by Gasteiger charge is 2.24. The molecule has 1 aliphatic rings. The van der Waals surface area contributed by atoms with Crippen molar-refractivity contribution in [3.63, 3.8) is 0 Å². The molecule has 0 aliphatic carbocycles. The lowest BCUT2D eigenvalue weighted by Gasteiger charge is -2.22. The molecule has 1 atom stereocenters. The summed E-state index contributed by atoms with van der Waals surface area (Å²) in [6.45, 7) is 2.34. The Balaban J connectivity index is 1.88. The number of anilines is 1. The quantitative estimate of drug-likeness (QED) is 0.804. The molecule has 0 spiro atoms. The molecule has 0 saturated carbocycles. The third-order valence-corrected chi connectivity index (χ3v) is 4.14. The number of nitrogens with zero attached hydrogens (tertiary/aromatic N) is 3. The molecule has 2 N–H and O–H groups in total. The fourth-order valence-electron chi connectivity index (χ4n) is 2.35. The van der Waals surface area contributed by atoms with Crippen molar-refractivity contribution >= 4 is 16.5 Å². The van der Waals surface area contributed by atoms with E-state index in [0.29, 0.717) is 12.6 Å². The molecular weight excluding hydrogens is 236 g/mol. The van der Waals surface area contributed by atoms with Gasteiger partial charge in [-0.15, -0.1) is 10.2 Å². The highest BCUT2D eigenvalue weighted by molar-refractivity contribution is 7.15.